The van der Waals surface area contributed by atoms with Crippen LogP contribution >= 0.6 is 0 Å². The maximum atomic E-state index is 5.47. The summed E-state index contributed by atoms with van der Waals surface area (Å²) in [5, 5.41) is 7.97. The molecule has 0 atom stereocenters. The van der Waals surface area contributed by atoms with Gasteiger partial charge in [0.1, 0.15) is 0 Å². The van der Waals surface area contributed by atoms with Crippen LogP contribution in [0.5, 0.6) is 0 Å². The van der Waals surface area contributed by atoms with Crippen LogP contribution in [0.25, 0.3) is 0 Å². The zero-order valence-electron chi connectivity index (χ0n) is 9.69. The van der Waals surface area contributed by atoms with Crippen LogP contribution in [0.4, 0.5) is 0 Å². The SMILES string of the molecule is CCCN(CC)CCn1cc(CN)nn1. The molecule has 0 aliphatic carbocycles. The van der Waals surface area contributed by atoms with E-state index in [2.05, 4.69) is 29.1 Å². The van der Waals surface area contributed by atoms with Crippen molar-refractivity contribution >= 4 is 0 Å². The number of aromatic nitrogens is 3. The van der Waals surface area contributed by atoms with E-state index in [1.54, 1.807) is 0 Å². The topological polar surface area (TPSA) is 60.0 Å². The number of likely N-dealkylation sites (N-methyl/N-ethyl adjacent to an activating group) is 1. The maximum absolute atomic E-state index is 5.47. The van der Waals surface area contributed by atoms with Crippen molar-refractivity contribution in [2.45, 2.75) is 33.4 Å². The van der Waals surface area contributed by atoms with E-state index in [0.717, 1.165) is 31.9 Å². The molecule has 0 saturated heterocycles. The summed E-state index contributed by atoms with van der Waals surface area (Å²) in [7, 11) is 0. The third-order valence-corrected chi connectivity index (χ3v) is 2.43. The molecule has 5 heteroatoms. The Balaban J connectivity index is 2.34. The Hall–Kier alpha value is -0.940. The second-order valence-corrected chi connectivity index (χ2v) is 3.61. The summed E-state index contributed by atoms with van der Waals surface area (Å²) < 4.78 is 1.86. The van der Waals surface area contributed by atoms with Crippen LogP contribution in [0.15, 0.2) is 6.20 Å². The summed E-state index contributed by atoms with van der Waals surface area (Å²) in [4.78, 5) is 2.41. The van der Waals surface area contributed by atoms with Gasteiger partial charge in [-0.15, -0.1) is 5.10 Å². The van der Waals surface area contributed by atoms with Crippen LogP contribution in [-0.4, -0.2) is 39.5 Å². The van der Waals surface area contributed by atoms with Crippen LogP contribution in [0.1, 0.15) is 26.0 Å². The number of nitrogens with two attached hydrogens (primary N) is 1. The smallest absolute Gasteiger partial charge is 0.0962 e. The zero-order valence-corrected chi connectivity index (χ0v) is 9.69. The van der Waals surface area contributed by atoms with Gasteiger partial charge >= 0.3 is 0 Å². The van der Waals surface area contributed by atoms with Gasteiger partial charge in [0.15, 0.2) is 0 Å². The summed E-state index contributed by atoms with van der Waals surface area (Å²) in [6, 6.07) is 0. The van der Waals surface area contributed by atoms with E-state index in [1.165, 1.54) is 6.42 Å². The molecule has 15 heavy (non-hydrogen) atoms. The molecule has 0 aliphatic rings. The largest absolute Gasteiger partial charge is 0.325 e. The monoisotopic (exact) mass is 211 g/mol. The Kier molecular flexibility index (Phi) is 5.28. The third-order valence-electron chi connectivity index (χ3n) is 2.43. The molecule has 1 heterocycles. The van der Waals surface area contributed by atoms with E-state index in [9.17, 15) is 0 Å². The highest BCUT2D eigenvalue weighted by molar-refractivity contribution is 4.90. The van der Waals surface area contributed by atoms with E-state index in [1.807, 2.05) is 10.9 Å². The van der Waals surface area contributed by atoms with Gasteiger partial charge in [-0.3, -0.25) is 4.68 Å². The quantitative estimate of drug-likeness (QED) is 0.712. The minimum atomic E-state index is 0.465. The van der Waals surface area contributed by atoms with E-state index < -0.39 is 0 Å². The lowest BCUT2D eigenvalue weighted by Gasteiger charge is -2.18. The van der Waals surface area contributed by atoms with Crippen LogP contribution in [0.2, 0.25) is 0 Å². The van der Waals surface area contributed by atoms with Crippen molar-refractivity contribution in [2.75, 3.05) is 19.6 Å². The molecule has 0 aromatic carbocycles. The van der Waals surface area contributed by atoms with Crippen molar-refractivity contribution in [1.29, 1.82) is 0 Å². The first-order valence-electron chi connectivity index (χ1n) is 5.61. The maximum Gasteiger partial charge on any atom is 0.0962 e. The molecule has 0 radical (unpaired) electrons. The lowest BCUT2D eigenvalue weighted by molar-refractivity contribution is 0.271. The van der Waals surface area contributed by atoms with Gasteiger partial charge in [0.2, 0.25) is 0 Å². The highest BCUT2D eigenvalue weighted by Gasteiger charge is 2.02. The van der Waals surface area contributed by atoms with Gasteiger partial charge in [0.05, 0.1) is 12.2 Å². The number of nitrogens with zero attached hydrogens (tertiary/aromatic N) is 4. The molecule has 0 saturated carbocycles. The normalized spacial score (nSPS) is 11.2. The second-order valence-electron chi connectivity index (χ2n) is 3.61. The average molecular weight is 211 g/mol. The third kappa shape index (κ3) is 3.97. The predicted octanol–water partition coefficient (Wildman–Crippen LogP) is 0.469. The Labute approximate surface area is 91.2 Å². The van der Waals surface area contributed by atoms with E-state index >= 15 is 0 Å². The van der Waals surface area contributed by atoms with Crippen LogP contribution in [-0.2, 0) is 13.1 Å². The van der Waals surface area contributed by atoms with Crippen molar-refractivity contribution in [2.24, 2.45) is 5.73 Å². The minimum absolute atomic E-state index is 0.465. The molecule has 0 amide bonds. The number of rotatable bonds is 7. The van der Waals surface area contributed by atoms with Gasteiger partial charge in [-0.2, -0.15) is 0 Å². The molecule has 1 aromatic rings. The van der Waals surface area contributed by atoms with Crippen LogP contribution < -0.4 is 5.73 Å². The summed E-state index contributed by atoms with van der Waals surface area (Å²) in [5.41, 5.74) is 6.32. The first-order valence-corrected chi connectivity index (χ1v) is 5.61. The molecule has 0 bridgehead atoms. The molecule has 0 spiro atoms. The Morgan fingerprint density at radius 2 is 2.20 bits per heavy atom. The predicted molar refractivity (Wildman–Crippen MR) is 60.3 cm³/mol. The van der Waals surface area contributed by atoms with Crippen molar-refractivity contribution in [3.05, 3.63) is 11.9 Å². The Bertz CT molecular complexity index is 271. The zero-order chi connectivity index (χ0) is 11.1. The fourth-order valence-corrected chi connectivity index (χ4v) is 1.53. The van der Waals surface area contributed by atoms with Gasteiger partial charge in [-0.25, -0.2) is 0 Å². The minimum Gasteiger partial charge on any atom is -0.325 e. The van der Waals surface area contributed by atoms with Crippen molar-refractivity contribution in [1.82, 2.24) is 19.9 Å². The fourth-order valence-electron chi connectivity index (χ4n) is 1.53. The number of hydrogen-bond donors (Lipinski definition) is 1. The van der Waals surface area contributed by atoms with Crippen molar-refractivity contribution < 1.29 is 0 Å². The molecule has 0 fully saturated rings. The molecule has 0 unspecified atom stereocenters. The molecule has 0 aliphatic heterocycles. The van der Waals surface area contributed by atoms with Crippen LogP contribution in [0.3, 0.4) is 0 Å². The summed E-state index contributed by atoms with van der Waals surface area (Å²) in [6.07, 6.45) is 3.11. The van der Waals surface area contributed by atoms with E-state index in [0.29, 0.717) is 6.54 Å². The number of hydrogen-bond acceptors (Lipinski definition) is 4. The molecule has 1 aromatic heterocycles. The molecule has 1 rings (SSSR count). The second kappa shape index (κ2) is 6.53. The van der Waals surface area contributed by atoms with E-state index in [-0.39, 0.29) is 0 Å². The van der Waals surface area contributed by atoms with Gasteiger partial charge in [-0.05, 0) is 19.5 Å². The van der Waals surface area contributed by atoms with Crippen molar-refractivity contribution in [3.63, 3.8) is 0 Å². The highest BCUT2D eigenvalue weighted by atomic mass is 15.4. The average Bonchev–Trinajstić information content (AvgIpc) is 2.72. The molecule has 86 valence electrons. The lowest BCUT2D eigenvalue weighted by Crippen LogP contribution is -2.28. The molecule has 2 N–H and O–H groups in total. The Morgan fingerprint density at radius 3 is 2.73 bits per heavy atom. The highest BCUT2D eigenvalue weighted by Crippen LogP contribution is 1.95. The van der Waals surface area contributed by atoms with Gasteiger partial charge in [0.25, 0.3) is 0 Å². The van der Waals surface area contributed by atoms with Gasteiger partial charge < -0.3 is 10.6 Å². The van der Waals surface area contributed by atoms with Gasteiger partial charge in [0, 0.05) is 19.3 Å². The summed E-state index contributed by atoms with van der Waals surface area (Å²) >= 11 is 0. The first kappa shape index (κ1) is 12.1. The van der Waals surface area contributed by atoms with Gasteiger partial charge in [-0.1, -0.05) is 19.1 Å². The molecular formula is C10H21N5. The fraction of sp³-hybridized carbons (Fsp3) is 0.800. The standard InChI is InChI=1S/C10H21N5/c1-3-5-14(4-2)6-7-15-9-10(8-11)12-13-15/h9H,3-8,11H2,1-2H3. The van der Waals surface area contributed by atoms with Crippen molar-refractivity contribution in [3.8, 4) is 0 Å². The molecule has 5 nitrogen and oxygen atoms in total. The van der Waals surface area contributed by atoms with Crippen LogP contribution in [0, 0.1) is 0 Å². The molecular weight excluding hydrogens is 190 g/mol. The summed E-state index contributed by atoms with van der Waals surface area (Å²) in [5.74, 6) is 0. The van der Waals surface area contributed by atoms with E-state index in [4.69, 9.17) is 5.73 Å². The Morgan fingerprint density at radius 1 is 1.40 bits per heavy atom. The first-order chi connectivity index (χ1) is 7.30. The summed E-state index contributed by atoms with van der Waals surface area (Å²) in [6.45, 7) is 9.00. The lowest BCUT2D eigenvalue weighted by atomic mass is 10.4.